The summed E-state index contributed by atoms with van der Waals surface area (Å²) in [5.41, 5.74) is 0. The smallest absolute Gasteiger partial charge is 0.305 e. The van der Waals surface area contributed by atoms with Gasteiger partial charge in [-0.1, -0.05) is 39.0 Å². The quantitative estimate of drug-likeness (QED) is 0.772. The van der Waals surface area contributed by atoms with Crippen molar-refractivity contribution in [3.8, 4) is 5.75 Å². The number of carboxylic acids is 1. The Bertz CT molecular complexity index is 459. The molecule has 2 atom stereocenters. The van der Waals surface area contributed by atoms with Gasteiger partial charge in [0.1, 0.15) is 5.75 Å². The number of carbonyl (C=O) groups excluding carboxylic acids is 1. The fourth-order valence-corrected chi connectivity index (χ4v) is 1.90. The standard InChI is InChI=1S/C16H23NO4/c1-4-14(21-12-8-6-5-7-9-12)16(20)17-13(11(2)3)10-15(18)19/h5-9,11,13-14H,4,10H2,1-3H3,(H,17,20)(H,18,19). The van der Waals surface area contributed by atoms with Crippen LogP contribution in [0.3, 0.4) is 0 Å². The van der Waals surface area contributed by atoms with E-state index in [4.69, 9.17) is 9.84 Å². The summed E-state index contributed by atoms with van der Waals surface area (Å²) in [5, 5.41) is 11.7. The Morgan fingerprint density at radius 1 is 1.24 bits per heavy atom. The van der Waals surface area contributed by atoms with E-state index in [0.717, 1.165) is 0 Å². The molecular formula is C16H23NO4. The van der Waals surface area contributed by atoms with E-state index in [1.807, 2.05) is 39.0 Å². The number of carbonyl (C=O) groups is 2. The fraction of sp³-hybridized carbons (Fsp3) is 0.500. The molecule has 1 aromatic carbocycles. The maximum absolute atomic E-state index is 12.2. The van der Waals surface area contributed by atoms with Gasteiger partial charge in [0.2, 0.25) is 0 Å². The van der Waals surface area contributed by atoms with Gasteiger partial charge >= 0.3 is 5.97 Å². The van der Waals surface area contributed by atoms with Crippen LogP contribution in [0.4, 0.5) is 0 Å². The fourth-order valence-electron chi connectivity index (χ4n) is 1.90. The van der Waals surface area contributed by atoms with Crippen LogP contribution < -0.4 is 10.1 Å². The number of benzene rings is 1. The third-order valence-electron chi connectivity index (χ3n) is 3.21. The Labute approximate surface area is 125 Å². The number of hydrogen-bond acceptors (Lipinski definition) is 3. The van der Waals surface area contributed by atoms with Gasteiger partial charge in [0, 0.05) is 6.04 Å². The van der Waals surface area contributed by atoms with E-state index in [1.165, 1.54) is 0 Å². The van der Waals surface area contributed by atoms with E-state index in [0.29, 0.717) is 12.2 Å². The van der Waals surface area contributed by atoms with Gasteiger partial charge in [-0.05, 0) is 24.5 Å². The molecule has 0 saturated carbocycles. The molecular weight excluding hydrogens is 270 g/mol. The minimum Gasteiger partial charge on any atom is -0.481 e. The summed E-state index contributed by atoms with van der Waals surface area (Å²) in [6.45, 7) is 5.62. The van der Waals surface area contributed by atoms with Crippen molar-refractivity contribution in [2.75, 3.05) is 0 Å². The van der Waals surface area contributed by atoms with E-state index in [-0.39, 0.29) is 18.2 Å². The number of aliphatic carboxylic acids is 1. The van der Waals surface area contributed by atoms with Crippen molar-refractivity contribution >= 4 is 11.9 Å². The van der Waals surface area contributed by atoms with Crippen LogP contribution in [0.5, 0.6) is 5.75 Å². The van der Waals surface area contributed by atoms with E-state index in [2.05, 4.69) is 5.32 Å². The first-order valence-corrected chi connectivity index (χ1v) is 7.17. The van der Waals surface area contributed by atoms with Gasteiger partial charge in [-0.2, -0.15) is 0 Å². The minimum atomic E-state index is -0.925. The average molecular weight is 293 g/mol. The Morgan fingerprint density at radius 2 is 1.86 bits per heavy atom. The first kappa shape index (κ1) is 17.0. The van der Waals surface area contributed by atoms with Gasteiger partial charge in [-0.3, -0.25) is 9.59 Å². The highest BCUT2D eigenvalue weighted by atomic mass is 16.5. The summed E-state index contributed by atoms with van der Waals surface area (Å²) < 4.78 is 5.65. The summed E-state index contributed by atoms with van der Waals surface area (Å²) in [5.74, 6) is -0.537. The Kier molecular flexibility index (Phi) is 6.72. The molecule has 5 heteroatoms. The van der Waals surface area contributed by atoms with Crippen molar-refractivity contribution in [3.63, 3.8) is 0 Å². The molecule has 0 aromatic heterocycles. The van der Waals surface area contributed by atoms with E-state index in [1.54, 1.807) is 12.1 Å². The Hall–Kier alpha value is -2.04. The highest BCUT2D eigenvalue weighted by molar-refractivity contribution is 5.82. The van der Waals surface area contributed by atoms with E-state index < -0.39 is 18.1 Å². The largest absolute Gasteiger partial charge is 0.481 e. The Balaban J connectivity index is 2.67. The van der Waals surface area contributed by atoms with Gasteiger partial charge in [0.05, 0.1) is 6.42 Å². The van der Waals surface area contributed by atoms with Gasteiger partial charge in [0.25, 0.3) is 5.91 Å². The molecule has 1 aromatic rings. The zero-order valence-electron chi connectivity index (χ0n) is 12.7. The Morgan fingerprint density at radius 3 is 2.33 bits per heavy atom. The number of para-hydroxylation sites is 1. The predicted molar refractivity (Wildman–Crippen MR) is 80.2 cm³/mol. The first-order valence-electron chi connectivity index (χ1n) is 7.17. The summed E-state index contributed by atoms with van der Waals surface area (Å²) in [6.07, 6.45) is -0.202. The number of rotatable bonds is 8. The van der Waals surface area contributed by atoms with Crippen LogP contribution in [0.2, 0.25) is 0 Å². The van der Waals surface area contributed by atoms with Crippen molar-refractivity contribution in [2.45, 2.75) is 45.8 Å². The molecule has 0 aliphatic rings. The predicted octanol–water partition coefficient (Wildman–Crippen LogP) is 2.46. The average Bonchev–Trinajstić information content (AvgIpc) is 2.44. The summed E-state index contributed by atoms with van der Waals surface area (Å²) in [6, 6.07) is 8.71. The SMILES string of the molecule is CCC(Oc1ccccc1)C(=O)NC(CC(=O)O)C(C)C. The summed E-state index contributed by atoms with van der Waals surface area (Å²) in [7, 11) is 0. The zero-order valence-corrected chi connectivity index (χ0v) is 12.7. The third kappa shape index (κ3) is 5.85. The van der Waals surface area contributed by atoms with Crippen LogP contribution in [0.25, 0.3) is 0 Å². The van der Waals surface area contributed by atoms with Gasteiger partial charge in [-0.15, -0.1) is 0 Å². The topological polar surface area (TPSA) is 75.6 Å². The molecule has 0 spiro atoms. The molecule has 2 unspecified atom stereocenters. The lowest BCUT2D eigenvalue weighted by Crippen LogP contribution is -2.46. The summed E-state index contributed by atoms with van der Waals surface area (Å²) >= 11 is 0. The van der Waals surface area contributed by atoms with Crippen LogP contribution in [0, 0.1) is 5.92 Å². The first-order chi connectivity index (χ1) is 9.93. The normalized spacial score (nSPS) is 13.5. The molecule has 21 heavy (non-hydrogen) atoms. The number of carboxylic acid groups (broad SMARTS) is 1. The lowest BCUT2D eigenvalue weighted by Gasteiger charge is -2.24. The molecule has 0 heterocycles. The van der Waals surface area contributed by atoms with Crippen molar-refractivity contribution in [1.29, 1.82) is 0 Å². The highest BCUT2D eigenvalue weighted by Gasteiger charge is 2.24. The van der Waals surface area contributed by atoms with E-state index >= 15 is 0 Å². The van der Waals surface area contributed by atoms with Crippen LogP contribution in [-0.4, -0.2) is 29.1 Å². The number of nitrogens with one attached hydrogen (secondary N) is 1. The van der Waals surface area contributed by atoms with Crippen molar-refractivity contribution in [1.82, 2.24) is 5.32 Å². The molecule has 116 valence electrons. The second-order valence-corrected chi connectivity index (χ2v) is 5.28. The molecule has 2 N–H and O–H groups in total. The van der Waals surface area contributed by atoms with Crippen molar-refractivity contribution in [2.24, 2.45) is 5.92 Å². The van der Waals surface area contributed by atoms with Gasteiger partial charge in [0.15, 0.2) is 6.10 Å². The molecule has 0 fully saturated rings. The number of ether oxygens (including phenoxy) is 1. The zero-order chi connectivity index (χ0) is 15.8. The molecule has 5 nitrogen and oxygen atoms in total. The van der Waals surface area contributed by atoms with Crippen molar-refractivity contribution < 1.29 is 19.4 Å². The number of hydrogen-bond donors (Lipinski definition) is 2. The van der Waals surface area contributed by atoms with Crippen LogP contribution in [-0.2, 0) is 9.59 Å². The van der Waals surface area contributed by atoms with E-state index in [9.17, 15) is 9.59 Å². The second kappa shape index (κ2) is 8.29. The molecule has 0 aliphatic carbocycles. The molecule has 0 aliphatic heterocycles. The van der Waals surface area contributed by atoms with Gasteiger partial charge < -0.3 is 15.2 Å². The van der Waals surface area contributed by atoms with Crippen LogP contribution in [0.1, 0.15) is 33.6 Å². The van der Waals surface area contributed by atoms with Crippen molar-refractivity contribution in [3.05, 3.63) is 30.3 Å². The molecule has 1 rings (SSSR count). The maximum Gasteiger partial charge on any atom is 0.305 e. The highest BCUT2D eigenvalue weighted by Crippen LogP contribution is 2.14. The number of amides is 1. The van der Waals surface area contributed by atoms with Gasteiger partial charge in [-0.25, -0.2) is 0 Å². The molecule has 0 bridgehead atoms. The minimum absolute atomic E-state index is 0.0410. The molecule has 0 saturated heterocycles. The lowest BCUT2D eigenvalue weighted by molar-refractivity contribution is -0.138. The molecule has 1 amide bonds. The van der Waals surface area contributed by atoms with Crippen LogP contribution >= 0.6 is 0 Å². The summed E-state index contributed by atoms with van der Waals surface area (Å²) in [4.78, 5) is 23.1. The van der Waals surface area contributed by atoms with Crippen LogP contribution in [0.15, 0.2) is 30.3 Å². The maximum atomic E-state index is 12.2. The third-order valence-corrected chi connectivity index (χ3v) is 3.21. The monoisotopic (exact) mass is 293 g/mol. The second-order valence-electron chi connectivity index (χ2n) is 5.28. The molecule has 0 radical (unpaired) electrons. The lowest BCUT2D eigenvalue weighted by atomic mass is 10.0.